The Bertz CT molecular complexity index is 1060. The van der Waals surface area contributed by atoms with Crippen molar-refractivity contribution in [3.63, 3.8) is 0 Å². The topological polar surface area (TPSA) is 12.5 Å². The molecule has 2 aliphatic heterocycles. The van der Waals surface area contributed by atoms with Crippen molar-refractivity contribution >= 4 is 11.4 Å². The first-order valence-electron chi connectivity index (χ1n) is 10.8. The van der Waals surface area contributed by atoms with Crippen molar-refractivity contribution in [1.29, 1.82) is 0 Å². The molecule has 1 fully saturated rings. The molecular formula is C27H25NO. The number of hydrogen-bond acceptors (Lipinski definition) is 2. The molecule has 1 saturated carbocycles. The molecule has 0 radical (unpaired) electrons. The van der Waals surface area contributed by atoms with Crippen molar-refractivity contribution in [1.82, 2.24) is 0 Å². The summed E-state index contributed by atoms with van der Waals surface area (Å²) in [5.74, 6) is 1.82. The van der Waals surface area contributed by atoms with E-state index in [1.807, 2.05) is 0 Å². The van der Waals surface area contributed by atoms with Crippen LogP contribution >= 0.6 is 0 Å². The highest BCUT2D eigenvalue weighted by atomic mass is 16.5. The number of allylic oxidation sites excluding steroid dienone is 1. The number of nitrogens with zero attached hydrogens (tertiary/aromatic N) is 1. The number of ether oxygens (including phenoxy) is 1. The van der Waals surface area contributed by atoms with Crippen LogP contribution in [0.2, 0.25) is 0 Å². The van der Waals surface area contributed by atoms with E-state index in [4.69, 9.17) is 4.74 Å². The van der Waals surface area contributed by atoms with Crippen molar-refractivity contribution in [2.45, 2.75) is 37.3 Å². The van der Waals surface area contributed by atoms with E-state index in [1.54, 1.807) is 0 Å². The smallest absolute Gasteiger partial charge is 0.191 e. The quantitative estimate of drug-likeness (QED) is 0.497. The van der Waals surface area contributed by atoms with Crippen LogP contribution in [0.4, 0.5) is 5.69 Å². The van der Waals surface area contributed by atoms with Gasteiger partial charge in [0.2, 0.25) is 0 Å². The van der Waals surface area contributed by atoms with Gasteiger partial charge in [0.15, 0.2) is 5.72 Å². The van der Waals surface area contributed by atoms with E-state index in [0.717, 1.165) is 12.2 Å². The van der Waals surface area contributed by atoms with E-state index in [0.29, 0.717) is 11.8 Å². The average molecular weight is 380 g/mol. The van der Waals surface area contributed by atoms with Crippen LogP contribution in [-0.2, 0) is 0 Å². The standard InChI is InChI=1S/C27H25NO/c1-3-11-20(12-4-1)22-19-25(21-13-5-2-6-14-21)28-24-16-7-8-17-26(24)29-27(28)18-10-9-15-23(22)27/h1-8,11-14,16-17,19,22-23H,9-10,15,18H2/t22-,23-,27-/m1/s1. The molecule has 6 rings (SSSR count). The fourth-order valence-electron chi connectivity index (χ4n) is 5.72. The zero-order chi connectivity index (χ0) is 19.3. The van der Waals surface area contributed by atoms with Gasteiger partial charge in [0.05, 0.1) is 5.69 Å². The third-order valence-corrected chi connectivity index (χ3v) is 6.92. The molecule has 1 aliphatic carbocycles. The predicted molar refractivity (Wildman–Crippen MR) is 118 cm³/mol. The first-order valence-corrected chi connectivity index (χ1v) is 10.8. The molecule has 1 spiro atoms. The van der Waals surface area contributed by atoms with Crippen molar-refractivity contribution < 1.29 is 4.74 Å². The van der Waals surface area contributed by atoms with Gasteiger partial charge in [0.1, 0.15) is 5.75 Å². The largest absolute Gasteiger partial charge is 0.465 e. The Hall–Kier alpha value is -3.00. The Balaban J connectivity index is 1.61. The Labute approximate surface area is 172 Å². The average Bonchev–Trinajstić information content (AvgIpc) is 3.13. The van der Waals surface area contributed by atoms with Gasteiger partial charge in [0.25, 0.3) is 0 Å². The van der Waals surface area contributed by atoms with Gasteiger partial charge in [-0.3, -0.25) is 4.90 Å². The molecule has 2 nitrogen and oxygen atoms in total. The summed E-state index contributed by atoms with van der Waals surface area (Å²) in [4.78, 5) is 2.53. The molecule has 2 heteroatoms. The van der Waals surface area contributed by atoms with Gasteiger partial charge in [-0.1, -0.05) is 85.3 Å². The third-order valence-electron chi connectivity index (χ3n) is 6.92. The van der Waals surface area contributed by atoms with Gasteiger partial charge < -0.3 is 4.74 Å². The maximum absolute atomic E-state index is 6.89. The first-order chi connectivity index (χ1) is 14.4. The molecule has 0 bridgehead atoms. The lowest BCUT2D eigenvalue weighted by Gasteiger charge is -2.52. The van der Waals surface area contributed by atoms with Crippen molar-refractivity contribution in [2.24, 2.45) is 5.92 Å². The van der Waals surface area contributed by atoms with Gasteiger partial charge in [-0.2, -0.15) is 0 Å². The van der Waals surface area contributed by atoms with Crippen molar-refractivity contribution in [3.05, 3.63) is 102 Å². The molecule has 0 amide bonds. The summed E-state index contributed by atoms with van der Waals surface area (Å²) in [6.45, 7) is 0. The van der Waals surface area contributed by atoms with Gasteiger partial charge in [-0.15, -0.1) is 0 Å². The van der Waals surface area contributed by atoms with Crippen LogP contribution in [0.3, 0.4) is 0 Å². The number of benzene rings is 3. The number of para-hydroxylation sites is 2. The molecule has 3 atom stereocenters. The Morgan fingerprint density at radius 1 is 0.793 bits per heavy atom. The minimum atomic E-state index is -0.289. The van der Waals surface area contributed by atoms with E-state index in [2.05, 4.69) is 95.9 Å². The lowest BCUT2D eigenvalue weighted by Crippen LogP contribution is -2.59. The van der Waals surface area contributed by atoms with Crippen LogP contribution in [0.25, 0.3) is 5.70 Å². The summed E-state index contributed by atoms with van der Waals surface area (Å²) in [6.07, 6.45) is 7.26. The Morgan fingerprint density at radius 3 is 2.34 bits per heavy atom. The van der Waals surface area contributed by atoms with Crippen LogP contribution in [0.1, 0.15) is 42.7 Å². The zero-order valence-electron chi connectivity index (χ0n) is 16.5. The summed E-state index contributed by atoms with van der Waals surface area (Å²) in [7, 11) is 0. The SMILES string of the molecule is C1=C(c2ccccc2)N2c3ccccc3O[C@@]23CCCC[C@@H]3[C@H]1c1ccccc1. The number of hydrogen-bond donors (Lipinski definition) is 0. The third kappa shape index (κ3) is 2.48. The summed E-state index contributed by atoms with van der Waals surface area (Å²) in [5, 5.41) is 0. The van der Waals surface area contributed by atoms with Gasteiger partial charge >= 0.3 is 0 Å². The zero-order valence-corrected chi connectivity index (χ0v) is 16.5. The maximum atomic E-state index is 6.89. The van der Waals surface area contributed by atoms with Crippen molar-refractivity contribution in [2.75, 3.05) is 4.90 Å². The van der Waals surface area contributed by atoms with E-state index < -0.39 is 0 Å². The van der Waals surface area contributed by atoms with E-state index in [9.17, 15) is 0 Å². The lowest BCUT2D eigenvalue weighted by atomic mass is 9.68. The lowest BCUT2D eigenvalue weighted by molar-refractivity contribution is -0.0119. The second-order valence-corrected chi connectivity index (χ2v) is 8.46. The molecule has 3 aliphatic rings. The first kappa shape index (κ1) is 16.9. The second-order valence-electron chi connectivity index (χ2n) is 8.46. The normalized spacial score (nSPS) is 27.3. The summed E-state index contributed by atoms with van der Waals surface area (Å²) in [5.41, 5.74) is 4.86. The van der Waals surface area contributed by atoms with E-state index in [1.165, 1.54) is 41.8 Å². The van der Waals surface area contributed by atoms with Crippen LogP contribution < -0.4 is 9.64 Å². The summed E-state index contributed by atoms with van der Waals surface area (Å²) < 4.78 is 6.89. The van der Waals surface area contributed by atoms with E-state index >= 15 is 0 Å². The highest BCUT2D eigenvalue weighted by Crippen LogP contribution is 2.59. The molecule has 3 aromatic carbocycles. The highest BCUT2D eigenvalue weighted by Gasteiger charge is 2.58. The Morgan fingerprint density at radius 2 is 1.52 bits per heavy atom. The van der Waals surface area contributed by atoms with Crippen LogP contribution in [0, 0.1) is 5.92 Å². The molecule has 0 saturated heterocycles. The second kappa shape index (κ2) is 6.52. The summed E-state index contributed by atoms with van der Waals surface area (Å²) in [6, 6.07) is 30.4. The molecule has 144 valence electrons. The number of anilines is 1. The molecular weight excluding hydrogens is 354 g/mol. The van der Waals surface area contributed by atoms with Crippen LogP contribution in [0.5, 0.6) is 5.75 Å². The van der Waals surface area contributed by atoms with E-state index in [-0.39, 0.29) is 5.72 Å². The van der Waals surface area contributed by atoms with Gasteiger partial charge in [-0.25, -0.2) is 0 Å². The van der Waals surface area contributed by atoms with Crippen LogP contribution in [0.15, 0.2) is 91.0 Å². The van der Waals surface area contributed by atoms with Crippen molar-refractivity contribution in [3.8, 4) is 5.75 Å². The number of fused-ring (bicyclic) bond motifs is 2. The van der Waals surface area contributed by atoms with Gasteiger partial charge in [0, 0.05) is 24.0 Å². The highest BCUT2D eigenvalue weighted by molar-refractivity contribution is 5.87. The monoisotopic (exact) mass is 379 g/mol. The fraction of sp³-hybridized carbons (Fsp3) is 0.259. The molecule has 0 unspecified atom stereocenters. The molecule has 29 heavy (non-hydrogen) atoms. The molecule has 3 aromatic rings. The Kier molecular flexibility index (Phi) is 3.80. The number of rotatable bonds is 2. The predicted octanol–water partition coefficient (Wildman–Crippen LogP) is 6.61. The summed E-state index contributed by atoms with van der Waals surface area (Å²) >= 11 is 0. The maximum Gasteiger partial charge on any atom is 0.191 e. The molecule has 0 aromatic heterocycles. The van der Waals surface area contributed by atoms with Gasteiger partial charge in [-0.05, 0) is 36.1 Å². The minimum absolute atomic E-state index is 0.289. The van der Waals surface area contributed by atoms with Crippen LogP contribution in [-0.4, -0.2) is 5.72 Å². The molecule has 2 heterocycles. The molecule has 0 N–H and O–H groups in total. The minimum Gasteiger partial charge on any atom is -0.465 e. The fourth-order valence-corrected chi connectivity index (χ4v) is 5.72.